The molecule has 1 aliphatic carbocycles. The molecular formula is C14H26ClN3O2. The molecule has 0 bridgehead atoms. The summed E-state index contributed by atoms with van der Waals surface area (Å²) in [7, 11) is 0. The van der Waals surface area contributed by atoms with Gasteiger partial charge in [-0.2, -0.15) is 0 Å². The lowest BCUT2D eigenvalue weighted by molar-refractivity contribution is -0.126. The molecule has 0 aromatic heterocycles. The first-order valence-corrected chi connectivity index (χ1v) is 7.51. The molecule has 5 nitrogen and oxygen atoms in total. The molecule has 0 spiro atoms. The molecule has 2 aliphatic rings. The molecule has 0 radical (unpaired) electrons. The summed E-state index contributed by atoms with van der Waals surface area (Å²) in [4.78, 5) is 23.4. The van der Waals surface area contributed by atoms with E-state index in [0.717, 1.165) is 45.3 Å². The molecule has 1 saturated carbocycles. The van der Waals surface area contributed by atoms with E-state index in [1.54, 1.807) is 0 Å². The number of hydrogen-bond acceptors (Lipinski definition) is 3. The van der Waals surface area contributed by atoms with Gasteiger partial charge in [0.05, 0.1) is 0 Å². The van der Waals surface area contributed by atoms with Crippen molar-refractivity contribution in [2.75, 3.05) is 26.2 Å². The van der Waals surface area contributed by atoms with E-state index in [1.165, 1.54) is 6.42 Å². The predicted molar refractivity (Wildman–Crippen MR) is 80.8 cm³/mol. The summed E-state index contributed by atoms with van der Waals surface area (Å²) in [6, 6.07) is 0. The normalized spacial score (nSPS) is 19.6. The molecule has 1 heterocycles. The van der Waals surface area contributed by atoms with Crippen LogP contribution in [0.25, 0.3) is 0 Å². The summed E-state index contributed by atoms with van der Waals surface area (Å²) < 4.78 is 0. The van der Waals surface area contributed by atoms with Crippen molar-refractivity contribution in [2.45, 2.75) is 38.5 Å². The maximum Gasteiger partial charge on any atom is 0.223 e. The number of carbonyl (C=O) groups excluding carboxylic acids is 2. The van der Waals surface area contributed by atoms with Crippen LogP contribution in [0, 0.1) is 11.8 Å². The molecule has 6 heteroatoms. The Morgan fingerprint density at radius 1 is 1.05 bits per heavy atom. The number of hydrogen-bond donors (Lipinski definition) is 3. The van der Waals surface area contributed by atoms with Gasteiger partial charge in [0.25, 0.3) is 0 Å². The van der Waals surface area contributed by atoms with Crippen LogP contribution in [0.5, 0.6) is 0 Å². The Kier molecular flexibility index (Phi) is 7.92. The molecule has 0 unspecified atom stereocenters. The molecule has 2 fully saturated rings. The Hall–Kier alpha value is -0.810. The van der Waals surface area contributed by atoms with Crippen LogP contribution >= 0.6 is 12.4 Å². The third-order valence-corrected chi connectivity index (χ3v) is 4.08. The topological polar surface area (TPSA) is 70.2 Å². The Balaban J connectivity index is 0.00000200. The maximum absolute atomic E-state index is 11.9. The van der Waals surface area contributed by atoms with Crippen LogP contribution < -0.4 is 16.0 Å². The summed E-state index contributed by atoms with van der Waals surface area (Å²) in [5.41, 5.74) is 0. The van der Waals surface area contributed by atoms with E-state index in [4.69, 9.17) is 0 Å². The van der Waals surface area contributed by atoms with E-state index in [0.29, 0.717) is 18.9 Å². The molecule has 0 aromatic rings. The first-order chi connectivity index (χ1) is 9.25. The van der Waals surface area contributed by atoms with Gasteiger partial charge in [-0.15, -0.1) is 12.4 Å². The Morgan fingerprint density at radius 2 is 1.75 bits per heavy atom. The minimum Gasteiger partial charge on any atom is -0.356 e. The van der Waals surface area contributed by atoms with Gasteiger partial charge in [-0.05, 0) is 12.8 Å². The Labute approximate surface area is 127 Å². The summed E-state index contributed by atoms with van der Waals surface area (Å²) in [6.45, 7) is 3.21. The number of rotatable bonds is 6. The molecule has 0 atom stereocenters. The minimum absolute atomic E-state index is 0. The zero-order valence-corrected chi connectivity index (χ0v) is 12.8. The molecule has 1 saturated heterocycles. The molecule has 116 valence electrons. The van der Waals surface area contributed by atoms with Gasteiger partial charge in [0, 0.05) is 44.4 Å². The fraction of sp³-hybridized carbons (Fsp3) is 0.857. The van der Waals surface area contributed by atoms with Crippen molar-refractivity contribution in [3.63, 3.8) is 0 Å². The zero-order chi connectivity index (χ0) is 13.5. The van der Waals surface area contributed by atoms with Crippen molar-refractivity contribution < 1.29 is 9.59 Å². The number of nitrogens with one attached hydrogen (secondary N) is 3. The average molecular weight is 304 g/mol. The molecule has 0 aromatic carbocycles. The van der Waals surface area contributed by atoms with E-state index in [2.05, 4.69) is 16.0 Å². The first-order valence-electron chi connectivity index (χ1n) is 7.51. The first kappa shape index (κ1) is 17.2. The highest BCUT2D eigenvalue weighted by Gasteiger charge is 2.21. The quantitative estimate of drug-likeness (QED) is 0.681. The highest BCUT2D eigenvalue weighted by Crippen LogP contribution is 2.23. The van der Waals surface area contributed by atoms with Gasteiger partial charge in [0.15, 0.2) is 0 Å². The molecule has 20 heavy (non-hydrogen) atoms. The predicted octanol–water partition coefficient (Wildman–Crippen LogP) is 0.830. The van der Waals surface area contributed by atoms with Gasteiger partial charge in [-0.3, -0.25) is 9.59 Å². The smallest absolute Gasteiger partial charge is 0.223 e. The standard InChI is InChI=1S/C14H25N3O2.ClH/c18-13(17-10-11-8-15-9-11)6-7-16-14(19)12-4-2-1-3-5-12;/h11-12,15H,1-10H2,(H,16,19)(H,17,18);1H. The second-order valence-electron chi connectivity index (χ2n) is 5.70. The molecule has 3 N–H and O–H groups in total. The summed E-state index contributed by atoms with van der Waals surface area (Å²) >= 11 is 0. The van der Waals surface area contributed by atoms with Gasteiger partial charge in [0.1, 0.15) is 0 Å². The van der Waals surface area contributed by atoms with Gasteiger partial charge < -0.3 is 16.0 Å². The molecule has 2 rings (SSSR count). The van der Waals surface area contributed by atoms with Crippen molar-refractivity contribution in [1.82, 2.24) is 16.0 Å². The van der Waals surface area contributed by atoms with Crippen LogP contribution in [0.1, 0.15) is 38.5 Å². The summed E-state index contributed by atoms with van der Waals surface area (Å²) in [5.74, 6) is 0.935. The lowest BCUT2D eigenvalue weighted by atomic mass is 9.89. The van der Waals surface area contributed by atoms with Crippen LogP contribution in [-0.2, 0) is 9.59 Å². The van der Waals surface area contributed by atoms with E-state index in [-0.39, 0.29) is 30.1 Å². The average Bonchev–Trinajstić information content (AvgIpc) is 2.38. The monoisotopic (exact) mass is 303 g/mol. The molecular weight excluding hydrogens is 278 g/mol. The van der Waals surface area contributed by atoms with Gasteiger partial charge in [0.2, 0.25) is 11.8 Å². The third kappa shape index (κ3) is 5.67. The Bertz CT molecular complexity index is 316. The van der Waals surface area contributed by atoms with E-state index >= 15 is 0 Å². The van der Waals surface area contributed by atoms with Crippen molar-refractivity contribution in [1.29, 1.82) is 0 Å². The molecule has 2 amide bonds. The van der Waals surface area contributed by atoms with Crippen molar-refractivity contribution >= 4 is 24.2 Å². The third-order valence-electron chi connectivity index (χ3n) is 4.08. The SMILES string of the molecule is Cl.O=C(CCNC(=O)C1CCCCC1)NCC1CNC1. The highest BCUT2D eigenvalue weighted by molar-refractivity contribution is 5.85. The zero-order valence-electron chi connectivity index (χ0n) is 12.0. The fourth-order valence-corrected chi connectivity index (χ4v) is 2.65. The maximum atomic E-state index is 11.9. The van der Waals surface area contributed by atoms with Crippen LogP contribution in [0.2, 0.25) is 0 Å². The van der Waals surface area contributed by atoms with Crippen molar-refractivity contribution in [3.8, 4) is 0 Å². The van der Waals surface area contributed by atoms with Gasteiger partial charge >= 0.3 is 0 Å². The van der Waals surface area contributed by atoms with Crippen LogP contribution in [0.15, 0.2) is 0 Å². The van der Waals surface area contributed by atoms with Crippen molar-refractivity contribution in [2.24, 2.45) is 11.8 Å². The number of amides is 2. The summed E-state index contributed by atoms with van der Waals surface area (Å²) in [6.07, 6.45) is 5.97. The van der Waals surface area contributed by atoms with Crippen LogP contribution in [0.3, 0.4) is 0 Å². The summed E-state index contributed by atoms with van der Waals surface area (Å²) in [5, 5.41) is 8.97. The molecule has 1 aliphatic heterocycles. The van der Waals surface area contributed by atoms with Gasteiger partial charge in [-0.1, -0.05) is 19.3 Å². The largest absolute Gasteiger partial charge is 0.356 e. The minimum atomic E-state index is 0. The number of carbonyl (C=O) groups is 2. The second-order valence-corrected chi connectivity index (χ2v) is 5.70. The fourth-order valence-electron chi connectivity index (χ4n) is 2.65. The van der Waals surface area contributed by atoms with Crippen LogP contribution in [-0.4, -0.2) is 38.0 Å². The lowest BCUT2D eigenvalue weighted by Gasteiger charge is -2.27. The van der Waals surface area contributed by atoms with E-state index < -0.39 is 0 Å². The van der Waals surface area contributed by atoms with Crippen LogP contribution in [0.4, 0.5) is 0 Å². The van der Waals surface area contributed by atoms with Crippen molar-refractivity contribution in [3.05, 3.63) is 0 Å². The van der Waals surface area contributed by atoms with E-state index in [1.807, 2.05) is 0 Å². The second kappa shape index (κ2) is 9.19. The van der Waals surface area contributed by atoms with Gasteiger partial charge in [-0.25, -0.2) is 0 Å². The number of halogens is 1. The highest BCUT2D eigenvalue weighted by atomic mass is 35.5. The Morgan fingerprint density at radius 3 is 2.35 bits per heavy atom. The van der Waals surface area contributed by atoms with E-state index in [9.17, 15) is 9.59 Å². The lowest BCUT2D eigenvalue weighted by Crippen LogP contribution is -2.48.